The van der Waals surface area contributed by atoms with Crippen molar-refractivity contribution in [1.29, 1.82) is 0 Å². The normalized spacial score (nSPS) is 36.1. The van der Waals surface area contributed by atoms with Gasteiger partial charge in [0.2, 0.25) is 10.0 Å². The number of sulfonamides is 1. The molecule has 6 heteroatoms. The maximum Gasteiger partial charge on any atom is 0.215 e. The van der Waals surface area contributed by atoms with Crippen LogP contribution in [0.15, 0.2) is 0 Å². The minimum absolute atomic E-state index is 0.0223. The molecule has 3 fully saturated rings. The standard InChI is InChI=1S/C16H28N2O3S/c1-4-17-7-9-18(10-8-17)22(20,21)12-16-6-5-13(11-14(16)19)15(16,2)3/h13H,4-12H2,1-3H3/t13-,16-/m1/s1. The van der Waals surface area contributed by atoms with Crippen molar-refractivity contribution in [3.8, 4) is 0 Å². The number of piperazine rings is 1. The third-order valence-electron chi connectivity index (χ3n) is 6.74. The number of carbonyl (C=O) groups excluding carboxylic acids is 1. The number of carbonyl (C=O) groups is 1. The number of Topliss-reactive ketones (excluding diaryl/α,β-unsaturated/α-hetero) is 1. The van der Waals surface area contributed by atoms with Crippen LogP contribution in [0.1, 0.15) is 40.0 Å². The van der Waals surface area contributed by atoms with Crippen molar-refractivity contribution < 1.29 is 13.2 Å². The van der Waals surface area contributed by atoms with E-state index in [2.05, 4.69) is 25.7 Å². The molecule has 2 saturated carbocycles. The quantitative estimate of drug-likeness (QED) is 0.782. The fourth-order valence-corrected chi connectivity index (χ4v) is 7.04. The van der Waals surface area contributed by atoms with E-state index in [4.69, 9.17) is 0 Å². The Bertz CT molecular complexity index is 564. The Morgan fingerprint density at radius 1 is 1.18 bits per heavy atom. The summed E-state index contributed by atoms with van der Waals surface area (Å²) in [4.78, 5) is 14.8. The van der Waals surface area contributed by atoms with Crippen molar-refractivity contribution in [2.24, 2.45) is 16.7 Å². The number of hydrogen-bond acceptors (Lipinski definition) is 4. The van der Waals surface area contributed by atoms with Crippen LogP contribution in [0.3, 0.4) is 0 Å². The average molecular weight is 328 g/mol. The summed E-state index contributed by atoms with van der Waals surface area (Å²) in [7, 11) is -3.36. The van der Waals surface area contributed by atoms with Crippen LogP contribution in [-0.4, -0.2) is 61.9 Å². The smallest absolute Gasteiger partial charge is 0.215 e. The van der Waals surface area contributed by atoms with Crippen LogP contribution in [0.2, 0.25) is 0 Å². The highest BCUT2D eigenvalue weighted by Crippen LogP contribution is 2.64. The summed E-state index contributed by atoms with van der Waals surface area (Å²) in [6.45, 7) is 9.97. The molecule has 0 unspecified atom stereocenters. The number of likely N-dealkylation sites (N-methyl/N-ethyl adjacent to an activating group) is 1. The molecule has 0 N–H and O–H groups in total. The highest BCUT2D eigenvalue weighted by molar-refractivity contribution is 7.89. The number of nitrogens with zero attached hydrogens (tertiary/aromatic N) is 2. The van der Waals surface area contributed by atoms with Crippen molar-refractivity contribution >= 4 is 15.8 Å². The van der Waals surface area contributed by atoms with Gasteiger partial charge in [-0.3, -0.25) is 4.79 Å². The van der Waals surface area contributed by atoms with Gasteiger partial charge in [-0.25, -0.2) is 8.42 Å². The molecule has 3 aliphatic rings. The van der Waals surface area contributed by atoms with Crippen LogP contribution in [0, 0.1) is 16.7 Å². The summed E-state index contributed by atoms with van der Waals surface area (Å²) in [5.41, 5.74) is -0.819. The van der Waals surface area contributed by atoms with Crippen LogP contribution >= 0.6 is 0 Å². The first-order chi connectivity index (χ1) is 10.2. The molecule has 0 aromatic rings. The molecule has 1 heterocycles. The largest absolute Gasteiger partial charge is 0.301 e. The van der Waals surface area contributed by atoms with Gasteiger partial charge in [-0.2, -0.15) is 4.31 Å². The molecule has 22 heavy (non-hydrogen) atoms. The van der Waals surface area contributed by atoms with Crippen LogP contribution in [0.4, 0.5) is 0 Å². The molecule has 0 amide bonds. The highest BCUT2D eigenvalue weighted by Gasteiger charge is 2.65. The lowest BCUT2D eigenvalue weighted by Gasteiger charge is -2.39. The fourth-order valence-electron chi connectivity index (χ4n) is 4.83. The third kappa shape index (κ3) is 2.26. The second kappa shape index (κ2) is 5.28. The van der Waals surface area contributed by atoms with Crippen LogP contribution in [0.25, 0.3) is 0 Å². The Kier molecular flexibility index (Phi) is 3.94. The zero-order valence-electron chi connectivity index (χ0n) is 14.0. The van der Waals surface area contributed by atoms with Crippen molar-refractivity contribution in [2.75, 3.05) is 38.5 Å². The fraction of sp³-hybridized carbons (Fsp3) is 0.938. The van der Waals surface area contributed by atoms with Gasteiger partial charge in [0.25, 0.3) is 0 Å². The van der Waals surface area contributed by atoms with Gasteiger partial charge < -0.3 is 4.90 Å². The minimum Gasteiger partial charge on any atom is -0.301 e. The number of rotatable bonds is 4. The van der Waals surface area contributed by atoms with Gasteiger partial charge in [-0.15, -0.1) is 0 Å². The molecule has 0 spiro atoms. The molecule has 5 nitrogen and oxygen atoms in total. The number of ketones is 1. The van der Waals surface area contributed by atoms with Gasteiger partial charge in [0.05, 0.1) is 5.75 Å². The van der Waals surface area contributed by atoms with Crippen LogP contribution < -0.4 is 0 Å². The summed E-state index contributed by atoms with van der Waals surface area (Å²) in [6.07, 6.45) is 2.32. The predicted molar refractivity (Wildman–Crippen MR) is 86.0 cm³/mol. The third-order valence-corrected chi connectivity index (χ3v) is 8.75. The van der Waals surface area contributed by atoms with E-state index < -0.39 is 15.4 Å². The van der Waals surface area contributed by atoms with Gasteiger partial charge in [0, 0.05) is 38.0 Å². The molecule has 0 radical (unpaired) electrons. The molecule has 2 aliphatic carbocycles. The maximum atomic E-state index is 12.9. The van der Waals surface area contributed by atoms with Gasteiger partial charge in [-0.05, 0) is 30.7 Å². The second-order valence-electron chi connectivity index (χ2n) is 7.76. The summed E-state index contributed by atoms with van der Waals surface area (Å²) in [5.74, 6) is 0.575. The molecule has 2 bridgehead atoms. The average Bonchev–Trinajstić information content (AvgIpc) is 2.81. The first kappa shape index (κ1) is 16.4. The molecular formula is C16H28N2O3S. The molecule has 1 aliphatic heterocycles. The first-order valence-corrected chi connectivity index (χ1v) is 10.1. The first-order valence-electron chi connectivity index (χ1n) is 8.46. The van der Waals surface area contributed by atoms with Crippen LogP contribution in [0.5, 0.6) is 0 Å². The lowest BCUT2D eigenvalue weighted by atomic mass is 9.70. The van der Waals surface area contributed by atoms with E-state index in [0.29, 0.717) is 25.4 Å². The molecule has 3 rings (SSSR count). The minimum atomic E-state index is -3.36. The van der Waals surface area contributed by atoms with E-state index in [1.165, 1.54) is 0 Å². The number of fused-ring (bicyclic) bond motifs is 2. The maximum absolute atomic E-state index is 12.9. The zero-order chi connectivity index (χ0) is 16.2. The van der Waals surface area contributed by atoms with E-state index in [9.17, 15) is 13.2 Å². The molecule has 2 atom stereocenters. The van der Waals surface area contributed by atoms with E-state index in [1.807, 2.05) is 0 Å². The predicted octanol–water partition coefficient (Wildman–Crippen LogP) is 1.35. The van der Waals surface area contributed by atoms with E-state index >= 15 is 0 Å². The highest BCUT2D eigenvalue weighted by atomic mass is 32.2. The van der Waals surface area contributed by atoms with Crippen molar-refractivity contribution in [1.82, 2.24) is 9.21 Å². The van der Waals surface area contributed by atoms with Crippen LogP contribution in [-0.2, 0) is 14.8 Å². The van der Waals surface area contributed by atoms with Crippen molar-refractivity contribution in [3.05, 3.63) is 0 Å². The SMILES string of the molecule is CCN1CCN(S(=O)(=O)C[C@]23CC[C@H](CC2=O)C3(C)C)CC1. The Labute approximate surface area is 134 Å². The summed E-state index contributed by atoms with van der Waals surface area (Å²) >= 11 is 0. The molecule has 0 aromatic carbocycles. The van der Waals surface area contributed by atoms with E-state index in [1.54, 1.807) is 4.31 Å². The summed E-state index contributed by atoms with van der Waals surface area (Å²) < 4.78 is 27.4. The lowest BCUT2D eigenvalue weighted by molar-refractivity contribution is -0.128. The van der Waals surface area contributed by atoms with Gasteiger partial charge in [-0.1, -0.05) is 20.8 Å². The van der Waals surface area contributed by atoms with Crippen molar-refractivity contribution in [2.45, 2.75) is 40.0 Å². The van der Waals surface area contributed by atoms with Crippen molar-refractivity contribution in [3.63, 3.8) is 0 Å². The van der Waals surface area contributed by atoms with E-state index in [0.717, 1.165) is 32.5 Å². The van der Waals surface area contributed by atoms with E-state index in [-0.39, 0.29) is 17.0 Å². The Balaban J connectivity index is 1.79. The monoisotopic (exact) mass is 328 g/mol. The Hall–Kier alpha value is -0.460. The second-order valence-corrected chi connectivity index (χ2v) is 9.73. The topological polar surface area (TPSA) is 57.7 Å². The molecular weight excluding hydrogens is 300 g/mol. The summed E-state index contributed by atoms with van der Waals surface area (Å²) in [6, 6.07) is 0. The Morgan fingerprint density at radius 2 is 1.82 bits per heavy atom. The van der Waals surface area contributed by atoms with Gasteiger partial charge >= 0.3 is 0 Å². The lowest BCUT2D eigenvalue weighted by Crippen LogP contribution is -2.52. The Morgan fingerprint density at radius 3 is 2.27 bits per heavy atom. The number of hydrogen-bond donors (Lipinski definition) is 0. The zero-order valence-corrected chi connectivity index (χ0v) is 14.8. The molecule has 1 saturated heterocycles. The molecule has 0 aromatic heterocycles. The summed E-state index contributed by atoms with van der Waals surface area (Å²) in [5, 5.41) is 0. The molecule has 126 valence electrons. The van der Waals surface area contributed by atoms with Gasteiger partial charge in [0.1, 0.15) is 5.78 Å². The van der Waals surface area contributed by atoms with Gasteiger partial charge in [0.15, 0.2) is 0 Å².